The molecule has 1 unspecified atom stereocenters. The molecule has 1 aromatic carbocycles. The molecular formula is C16H22ClNO. The van der Waals surface area contributed by atoms with Crippen molar-refractivity contribution in [3.8, 4) is 0 Å². The molecule has 0 bridgehead atoms. The highest BCUT2D eigenvalue weighted by atomic mass is 35.5. The third-order valence-corrected chi connectivity index (χ3v) is 4.41. The summed E-state index contributed by atoms with van der Waals surface area (Å²) < 4.78 is 0. The number of benzene rings is 1. The Labute approximate surface area is 120 Å². The number of ketones is 1. The van der Waals surface area contributed by atoms with Crippen LogP contribution in [0.3, 0.4) is 0 Å². The van der Waals surface area contributed by atoms with Crippen molar-refractivity contribution >= 4 is 17.4 Å². The molecule has 1 fully saturated rings. The third kappa shape index (κ3) is 3.80. The van der Waals surface area contributed by atoms with Gasteiger partial charge in [-0.25, -0.2) is 0 Å². The van der Waals surface area contributed by atoms with Gasteiger partial charge in [-0.1, -0.05) is 37.6 Å². The Morgan fingerprint density at radius 3 is 2.79 bits per heavy atom. The Balaban J connectivity index is 1.84. The molecule has 0 aromatic heterocycles. The van der Waals surface area contributed by atoms with Crippen LogP contribution in [0.1, 0.15) is 37.0 Å². The van der Waals surface area contributed by atoms with Crippen LogP contribution in [0.5, 0.6) is 0 Å². The number of hydrogen-bond acceptors (Lipinski definition) is 2. The first-order chi connectivity index (χ1) is 9.08. The van der Waals surface area contributed by atoms with Crippen LogP contribution in [0.4, 0.5) is 0 Å². The van der Waals surface area contributed by atoms with Crippen LogP contribution in [0.25, 0.3) is 0 Å². The lowest BCUT2D eigenvalue weighted by Crippen LogP contribution is -2.25. The first-order valence-corrected chi connectivity index (χ1v) is 7.46. The average Bonchev–Trinajstić information content (AvgIpc) is 2.85. The SMILES string of the molecule is CC(C)C1CCN(CCC(=O)c2ccccc2Cl)C1. The van der Waals surface area contributed by atoms with Crippen molar-refractivity contribution in [2.75, 3.05) is 19.6 Å². The molecule has 0 saturated carbocycles. The molecule has 1 saturated heterocycles. The molecule has 0 radical (unpaired) electrons. The van der Waals surface area contributed by atoms with Crippen LogP contribution in [-0.2, 0) is 0 Å². The highest BCUT2D eigenvalue weighted by molar-refractivity contribution is 6.33. The minimum atomic E-state index is 0.151. The Kier molecular flexibility index (Phi) is 5.00. The molecule has 1 aliphatic heterocycles. The Bertz CT molecular complexity index is 444. The van der Waals surface area contributed by atoms with Crippen molar-refractivity contribution in [2.24, 2.45) is 11.8 Å². The molecule has 0 aliphatic carbocycles. The smallest absolute Gasteiger partial charge is 0.165 e. The lowest BCUT2D eigenvalue weighted by Gasteiger charge is -2.17. The number of halogens is 1. The van der Waals surface area contributed by atoms with Gasteiger partial charge in [0.1, 0.15) is 0 Å². The predicted octanol–water partition coefficient (Wildman–Crippen LogP) is 3.89. The second-order valence-electron chi connectivity index (χ2n) is 5.75. The zero-order valence-corrected chi connectivity index (χ0v) is 12.5. The summed E-state index contributed by atoms with van der Waals surface area (Å²) in [4.78, 5) is 14.5. The molecule has 0 spiro atoms. The number of hydrogen-bond donors (Lipinski definition) is 0. The molecule has 1 atom stereocenters. The zero-order valence-electron chi connectivity index (χ0n) is 11.7. The quantitative estimate of drug-likeness (QED) is 0.762. The van der Waals surface area contributed by atoms with Crippen molar-refractivity contribution in [3.63, 3.8) is 0 Å². The summed E-state index contributed by atoms with van der Waals surface area (Å²) in [6.07, 6.45) is 1.83. The average molecular weight is 280 g/mol. The van der Waals surface area contributed by atoms with Crippen molar-refractivity contribution in [1.29, 1.82) is 0 Å². The predicted molar refractivity (Wildman–Crippen MR) is 79.8 cm³/mol. The van der Waals surface area contributed by atoms with Crippen LogP contribution in [0, 0.1) is 11.8 Å². The van der Waals surface area contributed by atoms with Gasteiger partial charge in [-0.15, -0.1) is 0 Å². The lowest BCUT2D eigenvalue weighted by molar-refractivity contribution is 0.0968. The van der Waals surface area contributed by atoms with Gasteiger partial charge in [-0.05, 0) is 36.9 Å². The minimum absolute atomic E-state index is 0.151. The van der Waals surface area contributed by atoms with E-state index in [2.05, 4.69) is 18.7 Å². The van der Waals surface area contributed by atoms with Gasteiger partial charge in [0.25, 0.3) is 0 Å². The standard InChI is InChI=1S/C16H22ClNO/c1-12(2)13-7-9-18(11-13)10-8-16(19)14-5-3-4-6-15(14)17/h3-6,12-13H,7-11H2,1-2H3. The summed E-state index contributed by atoms with van der Waals surface area (Å²) in [6.45, 7) is 7.67. The van der Waals surface area contributed by atoms with Crippen molar-refractivity contribution in [1.82, 2.24) is 4.90 Å². The number of rotatable bonds is 5. The van der Waals surface area contributed by atoms with E-state index in [0.717, 1.165) is 31.5 Å². The first-order valence-electron chi connectivity index (χ1n) is 7.08. The first kappa shape index (κ1) is 14.5. The summed E-state index contributed by atoms with van der Waals surface area (Å²) in [7, 11) is 0. The molecule has 3 heteroatoms. The number of carbonyl (C=O) groups excluding carboxylic acids is 1. The number of carbonyl (C=O) groups is 1. The molecule has 0 amide bonds. The van der Waals surface area contributed by atoms with Crippen molar-refractivity contribution in [2.45, 2.75) is 26.7 Å². The van der Waals surface area contributed by atoms with Gasteiger partial charge in [-0.2, -0.15) is 0 Å². The zero-order chi connectivity index (χ0) is 13.8. The van der Waals surface area contributed by atoms with E-state index in [0.29, 0.717) is 17.0 Å². The fourth-order valence-corrected chi connectivity index (χ4v) is 2.93. The van der Waals surface area contributed by atoms with E-state index in [4.69, 9.17) is 11.6 Å². The van der Waals surface area contributed by atoms with Gasteiger partial charge in [-0.3, -0.25) is 4.79 Å². The fraction of sp³-hybridized carbons (Fsp3) is 0.562. The van der Waals surface area contributed by atoms with Crippen LogP contribution in [0.2, 0.25) is 5.02 Å². The lowest BCUT2D eigenvalue weighted by atomic mass is 9.95. The molecule has 2 nitrogen and oxygen atoms in total. The highest BCUT2D eigenvalue weighted by Crippen LogP contribution is 2.24. The van der Waals surface area contributed by atoms with Gasteiger partial charge in [0.2, 0.25) is 0 Å². The highest BCUT2D eigenvalue weighted by Gasteiger charge is 2.25. The Hall–Kier alpha value is -0.860. The van der Waals surface area contributed by atoms with Crippen LogP contribution in [0.15, 0.2) is 24.3 Å². The molecule has 1 aliphatic rings. The molecule has 1 aromatic rings. The van der Waals surface area contributed by atoms with Crippen molar-refractivity contribution in [3.05, 3.63) is 34.9 Å². The van der Waals surface area contributed by atoms with Crippen LogP contribution in [-0.4, -0.2) is 30.3 Å². The summed E-state index contributed by atoms with van der Waals surface area (Å²) in [5.74, 6) is 1.68. The van der Waals surface area contributed by atoms with E-state index >= 15 is 0 Å². The van der Waals surface area contributed by atoms with Gasteiger partial charge < -0.3 is 4.90 Å². The van der Waals surface area contributed by atoms with Gasteiger partial charge >= 0.3 is 0 Å². The molecule has 2 rings (SSSR count). The van der Waals surface area contributed by atoms with E-state index in [1.807, 2.05) is 18.2 Å². The summed E-state index contributed by atoms with van der Waals surface area (Å²) in [5, 5.41) is 0.564. The van der Waals surface area contributed by atoms with Crippen molar-refractivity contribution < 1.29 is 4.79 Å². The Morgan fingerprint density at radius 1 is 1.42 bits per heavy atom. The summed E-state index contributed by atoms with van der Waals surface area (Å²) in [6, 6.07) is 7.31. The number of likely N-dealkylation sites (tertiary alicyclic amines) is 1. The number of nitrogens with zero attached hydrogens (tertiary/aromatic N) is 1. The third-order valence-electron chi connectivity index (χ3n) is 4.08. The maximum Gasteiger partial charge on any atom is 0.165 e. The van der Waals surface area contributed by atoms with Gasteiger partial charge in [0.15, 0.2) is 5.78 Å². The monoisotopic (exact) mass is 279 g/mol. The molecule has 19 heavy (non-hydrogen) atoms. The molecule has 1 heterocycles. The second kappa shape index (κ2) is 6.53. The second-order valence-corrected chi connectivity index (χ2v) is 6.15. The van der Waals surface area contributed by atoms with Gasteiger partial charge in [0, 0.05) is 25.1 Å². The summed E-state index contributed by atoms with van der Waals surface area (Å²) in [5.41, 5.74) is 0.656. The van der Waals surface area contributed by atoms with Gasteiger partial charge in [0.05, 0.1) is 5.02 Å². The number of Topliss-reactive ketones (excluding diaryl/α,β-unsaturated/α-hetero) is 1. The van der Waals surface area contributed by atoms with E-state index in [-0.39, 0.29) is 5.78 Å². The minimum Gasteiger partial charge on any atom is -0.303 e. The molecule has 104 valence electrons. The molecule has 0 N–H and O–H groups in total. The topological polar surface area (TPSA) is 20.3 Å². The Morgan fingerprint density at radius 2 is 2.16 bits per heavy atom. The summed E-state index contributed by atoms with van der Waals surface area (Å²) >= 11 is 6.04. The fourth-order valence-electron chi connectivity index (χ4n) is 2.69. The maximum absolute atomic E-state index is 12.1. The largest absolute Gasteiger partial charge is 0.303 e. The van der Waals surface area contributed by atoms with E-state index in [1.54, 1.807) is 6.07 Å². The normalized spacial score (nSPS) is 20.1. The molecular weight excluding hydrogens is 258 g/mol. The van der Waals surface area contributed by atoms with E-state index in [9.17, 15) is 4.79 Å². The van der Waals surface area contributed by atoms with E-state index in [1.165, 1.54) is 6.42 Å². The van der Waals surface area contributed by atoms with Crippen LogP contribution >= 0.6 is 11.6 Å². The van der Waals surface area contributed by atoms with Crippen LogP contribution < -0.4 is 0 Å². The maximum atomic E-state index is 12.1. The van der Waals surface area contributed by atoms with E-state index < -0.39 is 0 Å².